The molecule has 5 nitrogen and oxygen atoms in total. The largest absolute Gasteiger partial charge is 0.507 e. The summed E-state index contributed by atoms with van der Waals surface area (Å²) in [6, 6.07) is 18.2. The van der Waals surface area contributed by atoms with Crippen molar-refractivity contribution >= 4 is 55.4 Å². The van der Waals surface area contributed by atoms with Crippen molar-refractivity contribution in [3.8, 4) is 39.5 Å². The average molecular weight is 1320 g/mol. The first-order valence-electron chi connectivity index (χ1n) is 26.3. The zero-order valence-electron chi connectivity index (χ0n) is 45.8. The van der Waals surface area contributed by atoms with Crippen molar-refractivity contribution in [2.24, 2.45) is 5.73 Å². The number of halogens is 24. The Kier molecular flexibility index (Phi) is 16.9. The molecular formula is C62H37BF24N2O3. The van der Waals surface area contributed by atoms with Crippen LogP contribution in [0.2, 0.25) is 0 Å². The highest BCUT2D eigenvalue weighted by Crippen LogP contribution is 2.49. The van der Waals surface area contributed by atoms with E-state index in [0.29, 0.717) is 18.0 Å². The van der Waals surface area contributed by atoms with Gasteiger partial charge in [0.2, 0.25) is 0 Å². The van der Waals surface area contributed by atoms with Crippen LogP contribution in [0.25, 0.3) is 43.8 Å². The number of ether oxygens (including phenoxy) is 1. The molecule has 0 saturated heterocycles. The third kappa shape index (κ3) is 13.3. The predicted octanol–water partition coefficient (Wildman–Crippen LogP) is 15.5. The molecule has 0 saturated carbocycles. The summed E-state index contributed by atoms with van der Waals surface area (Å²) in [5, 5.41) is 25.4. The van der Waals surface area contributed by atoms with Crippen molar-refractivity contribution in [1.29, 1.82) is 0 Å². The van der Waals surface area contributed by atoms with E-state index in [-0.39, 0.29) is 17.5 Å². The molecule has 0 fully saturated rings. The van der Waals surface area contributed by atoms with Gasteiger partial charge in [-0.1, -0.05) is 109 Å². The van der Waals surface area contributed by atoms with Crippen molar-refractivity contribution in [2.45, 2.75) is 62.4 Å². The van der Waals surface area contributed by atoms with Gasteiger partial charge >= 0.3 is 49.4 Å². The Morgan fingerprint density at radius 3 is 1.03 bits per heavy atom. The summed E-state index contributed by atoms with van der Waals surface area (Å²) >= 11 is 0. The third-order valence-electron chi connectivity index (χ3n) is 15.1. The van der Waals surface area contributed by atoms with Crippen molar-refractivity contribution in [1.82, 2.24) is 0 Å². The molecule has 1 aliphatic heterocycles. The van der Waals surface area contributed by atoms with Crippen LogP contribution in [0.1, 0.15) is 57.0 Å². The van der Waals surface area contributed by atoms with Crippen LogP contribution in [0, 0.1) is 0 Å². The van der Waals surface area contributed by atoms with Gasteiger partial charge < -0.3 is 14.9 Å². The molecule has 1 atom stereocenters. The van der Waals surface area contributed by atoms with Gasteiger partial charge in [-0.15, -0.1) is 0 Å². The zero-order chi connectivity index (χ0) is 68.0. The number of fused-ring (bicyclic) bond motifs is 4. The lowest BCUT2D eigenvalue weighted by molar-refractivity contribution is -0.501. The zero-order valence-corrected chi connectivity index (χ0v) is 45.8. The number of phenols is 2. The van der Waals surface area contributed by atoms with E-state index >= 15 is 0 Å². The minimum Gasteiger partial charge on any atom is -0.507 e. The van der Waals surface area contributed by atoms with Gasteiger partial charge in [0, 0.05) is 16.3 Å². The molecule has 0 spiro atoms. The van der Waals surface area contributed by atoms with Crippen molar-refractivity contribution < 1.29 is 125 Å². The van der Waals surface area contributed by atoms with Crippen LogP contribution < -0.4 is 37.3 Å². The Balaban J connectivity index is 0.000000242. The maximum atomic E-state index is 14.2. The molecule has 10 rings (SSSR count). The minimum atomic E-state index is -6.13. The second-order valence-corrected chi connectivity index (χ2v) is 21.2. The minimum absolute atomic E-state index is 0.0184. The lowest BCUT2D eigenvalue weighted by atomic mass is 9.12. The summed E-state index contributed by atoms with van der Waals surface area (Å²) in [5.74, 6) is 1.40. The lowest BCUT2D eigenvalue weighted by Gasteiger charge is -2.46. The Bertz CT molecular complexity index is 3900. The number of hydrogen-bond donors (Lipinski definition) is 4. The fourth-order valence-electron chi connectivity index (χ4n) is 11.2. The normalized spacial score (nSPS) is 14.7. The smallest absolute Gasteiger partial charge is 0.416 e. The van der Waals surface area contributed by atoms with Crippen LogP contribution in [0.4, 0.5) is 105 Å². The molecule has 0 radical (unpaired) electrons. The molecule has 0 unspecified atom stereocenters. The van der Waals surface area contributed by atoms with Crippen molar-refractivity contribution in [3.05, 3.63) is 208 Å². The van der Waals surface area contributed by atoms with E-state index in [9.17, 15) is 116 Å². The first kappa shape index (κ1) is 67.2. The molecule has 9 aromatic carbocycles. The molecule has 0 amide bonds. The first-order chi connectivity index (χ1) is 42.3. The molecule has 0 aliphatic carbocycles. The number of amidine groups is 1. The number of nitrogens with two attached hydrogens (primary N) is 1. The van der Waals surface area contributed by atoms with Crippen molar-refractivity contribution in [2.75, 3.05) is 6.61 Å². The Morgan fingerprint density at radius 2 is 0.696 bits per heavy atom. The van der Waals surface area contributed by atoms with Gasteiger partial charge in [0.15, 0.2) is 0 Å². The summed E-state index contributed by atoms with van der Waals surface area (Å²) in [4.78, 5) is 3.38. The second kappa shape index (κ2) is 23.2. The van der Waals surface area contributed by atoms with Crippen LogP contribution in [-0.2, 0) is 49.4 Å². The number of aromatic hydroxyl groups is 2. The Labute approximate surface area is 501 Å². The standard InChI is InChI=1S/C32H12BF24.C30H24N2O3/c34-25(35,36)13-1-14(26(37,38)39)6-21(5-13)33(22-7-15(27(40,41)42)2-16(8-22)28(43,44)45,23-9-17(29(46,47)48)3-18(10-23)30(49,50)51)24-11-19(31(52,53)54)4-20(12-24)32(55,56)57;1-17-16-35-29-21-10-3-2-9-19(21)23(28-25(33)13-6-14-26(28)34)15-24(29)20-11-4-7-18-8-5-12-22(27(18)20)30(31)32-17/h1-12H;2-15,17,33-34H,16H2,1H3,(H2,31,32)/q-1;/p+1/t;17-/m.0/s1. The molecule has 92 heavy (non-hydrogen) atoms. The molecule has 5 N–H and O–H groups in total. The number of nitrogens with one attached hydrogen (secondary N) is 1. The van der Waals surface area contributed by atoms with Crippen molar-refractivity contribution in [3.63, 3.8) is 0 Å². The van der Waals surface area contributed by atoms with E-state index < -0.39 is 195 Å². The number of rotatable bonds is 5. The number of nitrogen functional groups attached to an aromatic ring is 1. The van der Waals surface area contributed by atoms with Gasteiger partial charge in [-0.25, -0.2) is 0 Å². The van der Waals surface area contributed by atoms with E-state index in [1.165, 1.54) is 0 Å². The molecule has 484 valence electrons. The molecule has 1 aliphatic rings. The fraction of sp³-hybridized carbons (Fsp3) is 0.177. The first-order valence-corrected chi connectivity index (χ1v) is 26.3. The highest BCUT2D eigenvalue weighted by atomic mass is 19.4. The summed E-state index contributed by atoms with van der Waals surface area (Å²) in [6.45, 7) is 2.45. The predicted molar refractivity (Wildman–Crippen MR) is 290 cm³/mol. The molecule has 30 heteroatoms. The van der Waals surface area contributed by atoms with E-state index in [1.54, 1.807) is 18.2 Å². The summed E-state index contributed by atoms with van der Waals surface area (Å²) in [5.41, 5.74) is -19.8. The average Bonchev–Trinajstić information content (AvgIpc) is 0.721. The van der Waals surface area contributed by atoms with Gasteiger partial charge in [-0.05, 0) is 77.4 Å². The summed E-state index contributed by atoms with van der Waals surface area (Å²) in [6.07, 6.45) is -54.8. The number of alkyl halides is 24. The van der Waals surface area contributed by atoms with E-state index in [4.69, 9.17) is 10.5 Å². The van der Waals surface area contributed by atoms with Crippen LogP contribution in [0.15, 0.2) is 158 Å². The number of hydrogen-bond acceptors (Lipinski definition) is 4. The Hall–Kier alpha value is -9.25. The maximum absolute atomic E-state index is 14.2. The fourth-order valence-corrected chi connectivity index (χ4v) is 11.2. The van der Waals surface area contributed by atoms with Crippen LogP contribution in [0.3, 0.4) is 0 Å². The monoisotopic (exact) mass is 1320 g/mol. The van der Waals surface area contributed by atoms with Gasteiger partial charge in [0.25, 0.3) is 5.84 Å². The molecule has 1 heterocycles. The number of phenolic OH excluding ortho intramolecular Hbond substituents is 2. The third-order valence-corrected chi connectivity index (χ3v) is 15.1. The summed E-state index contributed by atoms with van der Waals surface area (Å²) < 4.78 is 347. The molecule has 0 aromatic heterocycles. The highest BCUT2D eigenvalue weighted by Gasteiger charge is 2.47. The second-order valence-electron chi connectivity index (χ2n) is 21.2. The van der Waals surface area contributed by atoms with Gasteiger partial charge in [-0.2, -0.15) is 127 Å². The van der Waals surface area contributed by atoms with Crippen LogP contribution >= 0.6 is 0 Å². The van der Waals surface area contributed by atoms with E-state index in [0.717, 1.165) is 49.5 Å². The van der Waals surface area contributed by atoms with E-state index in [1.807, 2.05) is 55.5 Å². The van der Waals surface area contributed by atoms with E-state index in [2.05, 4.69) is 23.2 Å². The summed E-state index contributed by atoms with van der Waals surface area (Å²) in [7, 11) is 0. The van der Waals surface area contributed by atoms with Crippen LogP contribution in [-0.4, -0.2) is 34.8 Å². The Morgan fingerprint density at radius 1 is 0.380 bits per heavy atom. The van der Waals surface area contributed by atoms with Gasteiger partial charge in [-0.3, -0.25) is 10.7 Å². The SMILES string of the molecule is C[C@H]1COc2c(cc(-c3c(O)cccc3O)c3ccccc23)-c2cccc3cccc(c23)C(N)=[NH+]1.FC(F)(F)c1cc([B-](c2cc(C(F)(F)F)cc(C(F)(F)F)c2)(c2cc(C(F)(F)F)cc(C(F)(F)F)c2)c2cc(C(F)(F)F)cc(C(F)(F)F)c2)cc(C(F)(F)F)c1. The molecule has 0 bridgehead atoms. The number of benzene rings is 9. The molecule has 9 aromatic rings. The maximum Gasteiger partial charge on any atom is 0.416 e. The van der Waals surface area contributed by atoms with Gasteiger partial charge in [0.05, 0.1) is 55.6 Å². The van der Waals surface area contributed by atoms with Gasteiger partial charge in [0.1, 0.15) is 36.0 Å². The topological polar surface area (TPSA) is 89.7 Å². The highest BCUT2D eigenvalue weighted by molar-refractivity contribution is 7.20. The molecular weight excluding hydrogens is 1290 g/mol. The lowest BCUT2D eigenvalue weighted by Crippen LogP contribution is -2.82. The van der Waals surface area contributed by atoms with Crippen LogP contribution in [0.5, 0.6) is 17.2 Å². The quantitative estimate of drug-likeness (QED) is 0.102.